The Morgan fingerprint density at radius 2 is 1.89 bits per heavy atom. The molecule has 0 aliphatic heterocycles. The van der Waals surface area contributed by atoms with Crippen LogP contribution in [-0.2, 0) is 20.9 Å². The van der Waals surface area contributed by atoms with E-state index in [2.05, 4.69) is 10.6 Å². The van der Waals surface area contributed by atoms with Gasteiger partial charge in [-0.25, -0.2) is 14.4 Å². The van der Waals surface area contributed by atoms with Gasteiger partial charge in [-0.3, -0.25) is 0 Å². The van der Waals surface area contributed by atoms with E-state index in [1.54, 1.807) is 45.0 Å². The number of halogens is 1. The Kier molecular flexibility index (Phi) is 9.58. The molecule has 1 aromatic carbocycles. The summed E-state index contributed by atoms with van der Waals surface area (Å²) in [6.45, 7) is 5.51. The summed E-state index contributed by atoms with van der Waals surface area (Å²) in [5, 5.41) is 14.7. The second-order valence-electron chi connectivity index (χ2n) is 7.17. The molecule has 0 fully saturated rings. The lowest BCUT2D eigenvalue weighted by molar-refractivity contribution is -0.139. The van der Waals surface area contributed by atoms with Gasteiger partial charge in [-0.05, 0) is 57.7 Å². The average molecular weight is 415 g/mol. The van der Waals surface area contributed by atoms with Gasteiger partial charge in [-0.2, -0.15) is 0 Å². The molecule has 0 saturated heterocycles. The Bertz CT molecular complexity index is 675. The fourth-order valence-corrected chi connectivity index (χ4v) is 2.41. The summed E-state index contributed by atoms with van der Waals surface area (Å²) < 4.78 is 10.1. The standard InChI is InChI=1S/C19H27ClN2O6/c1-19(2,3)28-18(26)22-15(16(23)24)9-4-5-10-21-17(25)27-12-13-7-6-8-14(20)11-13/h6-8,11,15H,4-5,9-10,12H2,1-3H3,(H,21,25)(H,22,26)(H,23,24)/t15-/m0/s1. The zero-order valence-corrected chi connectivity index (χ0v) is 17.0. The van der Waals surface area contributed by atoms with Crippen LogP contribution in [0.4, 0.5) is 9.59 Å². The third-order valence-corrected chi connectivity index (χ3v) is 3.67. The van der Waals surface area contributed by atoms with Gasteiger partial charge in [0.25, 0.3) is 0 Å². The number of aliphatic carboxylic acids is 1. The second-order valence-corrected chi connectivity index (χ2v) is 7.60. The Balaban J connectivity index is 2.23. The molecule has 0 spiro atoms. The fraction of sp³-hybridized carbons (Fsp3) is 0.526. The van der Waals surface area contributed by atoms with Crippen molar-refractivity contribution < 1.29 is 29.0 Å². The average Bonchev–Trinajstić information content (AvgIpc) is 2.57. The van der Waals surface area contributed by atoms with Crippen LogP contribution in [0.5, 0.6) is 0 Å². The normalized spacial score (nSPS) is 12.0. The highest BCUT2D eigenvalue weighted by Gasteiger charge is 2.23. The first kappa shape index (κ1) is 23.6. The molecule has 0 unspecified atom stereocenters. The summed E-state index contributed by atoms with van der Waals surface area (Å²) in [7, 11) is 0. The van der Waals surface area contributed by atoms with E-state index in [1.807, 2.05) is 0 Å². The van der Waals surface area contributed by atoms with Gasteiger partial charge < -0.3 is 25.2 Å². The molecule has 156 valence electrons. The molecule has 0 aromatic heterocycles. The summed E-state index contributed by atoms with van der Waals surface area (Å²) in [6, 6.07) is 5.95. The molecule has 2 amide bonds. The Morgan fingerprint density at radius 3 is 2.50 bits per heavy atom. The number of carbonyl (C=O) groups excluding carboxylic acids is 2. The molecule has 28 heavy (non-hydrogen) atoms. The predicted octanol–water partition coefficient (Wildman–Crippen LogP) is 3.71. The maximum Gasteiger partial charge on any atom is 0.408 e. The molecule has 0 aliphatic rings. The largest absolute Gasteiger partial charge is 0.480 e. The highest BCUT2D eigenvalue weighted by atomic mass is 35.5. The van der Waals surface area contributed by atoms with Crippen LogP contribution in [0.15, 0.2) is 24.3 Å². The van der Waals surface area contributed by atoms with Crippen molar-refractivity contribution >= 4 is 29.8 Å². The van der Waals surface area contributed by atoms with Crippen molar-refractivity contribution in [2.24, 2.45) is 0 Å². The fourth-order valence-electron chi connectivity index (χ4n) is 2.20. The van der Waals surface area contributed by atoms with Crippen molar-refractivity contribution in [1.29, 1.82) is 0 Å². The van der Waals surface area contributed by atoms with Gasteiger partial charge in [0.2, 0.25) is 0 Å². The molecule has 0 radical (unpaired) electrons. The second kappa shape index (κ2) is 11.4. The number of carboxylic acid groups (broad SMARTS) is 1. The topological polar surface area (TPSA) is 114 Å². The zero-order valence-electron chi connectivity index (χ0n) is 16.3. The number of unbranched alkanes of at least 4 members (excludes halogenated alkanes) is 1. The van der Waals surface area contributed by atoms with Gasteiger partial charge in [-0.1, -0.05) is 23.7 Å². The molecule has 1 aromatic rings. The molecule has 1 rings (SSSR count). The van der Waals surface area contributed by atoms with Crippen molar-refractivity contribution in [2.75, 3.05) is 6.54 Å². The van der Waals surface area contributed by atoms with Crippen LogP contribution in [0.2, 0.25) is 5.02 Å². The number of hydrogen-bond acceptors (Lipinski definition) is 5. The highest BCUT2D eigenvalue weighted by molar-refractivity contribution is 6.30. The molecule has 0 bridgehead atoms. The molecule has 3 N–H and O–H groups in total. The van der Waals surface area contributed by atoms with E-state index in [0.29, 0.717) is 24.4 Å². The summed E-state index contributed by atoms with van der Waals surface area (Å²) in [4.78, 5) is 34.6. The molecular formula is C19H27ClN2O6. The first-order valence-corrected chi connectivity index (χ1v) is 9.32. The third-order valence-electron chi connectivity index (χ3n) is 3.44. The molecular weight excluding hydrogens is 388 g/mol. The Morgan fingerprint density at radius 1 is 1.18 bits per heavy atom. The van der Waals surface area contributed by atoms with Crippen molar-refractivity contribution in [3.63, 3.8) is 0 Å². The monoisotopic (exact) mass is 414 g/mol. The number of benzene rings is 1. The van der Waals surface area contributed by atoms with Gasteiger partial charge in [0.05, 0.1) is 0 Å². The number of carbonyl (C=O) groups is 3. The molecule has 8 nitrogen and oxygen atoms in total. The van der Waals surface area contributed by atoms with Crippen LogP contribution >= 0.6 is 11.6 Å². The molecule has 1 atom stereocenters. The first-order chi connectivity index (χ1) is 13.1. The van der Waals surface area contributed by atoms with E-state index >= 15 is 0 Å². The number of nitrogens with one attached hydrogen (secondary N) is 2. The van der Waals surface area contributed by atoms with Crippen LogP contribution in [0.25, 0.3) is 0 Å². The van der Waals surface area contributed by atoms with Gasteiger partial charge in [0.1, 0.15) is 18.2 Å². The predicted molar refractivity (Wildman–Crippen MR) is 104 cm³/mol. The Hall–Kier alpha value is -2.48. The number of hydrogen-bond donors (Lipinski definition) is 3. The number of rotatable bonds is 9. The molecule has 0 heterocycles. The summed E-state index contributed by atoms with van der Waals surface area (Å²) in [5.41, 5.74) is 0.0721. The maximum atomic E-state index is 11.7. The van der Waals surface area contributed by atoms with E-state index in [0.717, 1.165) is 5.56 Å². The van der Waals surface area contributed by atoms with Crippen molar-refractivity contribution in [2.45, 2.75) is 58.3 Å². The van der Waals surface area contributed by atoms with Crippen LogP contribution < -0.4 is 10.6 Å². The van der Waals surface area contributed by atoms with Crippen molar-refractivity contribution in [3.05, 3.63) is 34.9 Å². The van der Waals surface area contributed by atoms with Crippen LogP contribution in [0, 0.1) is 0 Å². The summed E-state index contributed by atoms with van der Waals surface area (Å²) >= 11 is 5.86. The first-order valence-electron chi connectivity index (χ1n) is 8.94. The Labute approximate surface area is 169 Å². The van der Waals surface area contributed by atoms with E-state index in [-0.39, 0.29) is 13.0 Å². The molecule has 0 aliphatic carbocycles. The quantitative estimate of drug-likeness (QED) is 0.530. The number of amides is 2. The lowest BCUT2D eigenvalue weighted by Gasteiger charge is -2.22. The van der Waals surface area contributed by atoms with Gasteiger partial charge in [-0.15, -0.1) is 0 Å². The van der Waals surface area contributed by atoms with Gasteiger partial charge in [0, 0.05) is 11.6 Å². The van der Waals surface area contributed by atoms with Crippen LogP contribution in [-0.4, -0.2) is 41.4 Å². The summed E-state index contributed by atoms with van der Waals surface area (Å²) in [6.07, 6.45) is -0.106. The lowest BCUT2D eigenvalue weighted by Crippen LogP contribution is -2.43. The molecule has 9 heteroatoms. The van der Waals surface area contributed by atoms with Crippen LogP contribution in [0.1, 0.15) is 45.6 Å². The van der Waals surface area contributed by atoms with E-state index in [9.17, 15) is 19.5 Å². The lowest BCUT2D eigenvalue weighted by atomic mass is 10.1. The third kappa shape index (κ3) is 10.6. The SMILES string of the molecule is CC(C)(C)OC(=O)N[C@@H](CCCCNC(=O)OCc1cccc(Cl)c1)C(=O)O. The van der Waals surface area contributed by atoms with E-state index in [4.69, 9.17) is 21.1 Å². The molecule has 0 saturated carbocycles. The number of alkyl carbamates (subject to hydrolysis) is 2. The van der Waals surface area contributed by atoms with Crippen molar-refractivity contribution in [3.8, 4) is 0 Å². The van der Waals surface area contributed by atoms with E-state index in [1.165, 1.54) is 0 Å². The smallest absolute Gasteiger partial charge is 0.408 e. The van der Waals surface area contributed by atoms with Gasteiger partial charge in [0.15, 0.2) is 0 Å². The minimum Gasteiger partial charge on any atom is -0.480 e. The zero-order chi connectivity index (χ0) is 21.2. The van der Waals surface area contributed by atoms with Crippen LogP contribution in [0.3, 0.4) is 0 Å². The van der Waals surface area contributed by atoms with Crippen molar-refractivity contribution in [1.82, 2.24) is 10.6 Å². The number of carboxylic acids is 1. The van der Waals surface area contributed by atoms with Gasteiger partial charge >= 0.3 is 18.2 Å². The minimum atomic E-state index is -1.14. The number of ether oxygens (including phenoxy) is 2. The van der Waals surface area contributed by atoms with E-state index < -0.39 is 29.8 Å². The summed E-state index contributed by atoms with van der Waals surface area (Å²) in [5.74, 6) is -1.14. The minimum absolute atomic E-state index is 0.104. The maximum absolute atomic E-state index is 11.7. The highest BCUT2D eigenvalue weighted by Crippen LogP contribution is 2.11.